The molecule has 1 N–H and O–H groups in total. The average molecular weight is 345 g/mol. The summed E-state index contributed by atoms with van der Waals surface area (Å²) in [4.78, 5) is 12.5. The Labute approximate surface area is 136 Å². The van der Waals surface area contributed by atoms with Crippen LogP contribution in [0.15, 0.2) is 18.2 Å². The zero-order chi connectivity index (χ0) is 16.3. The minimum atomic E-state index is -3.37. The number of anilines is 1. The molecule has 0 spiro atoms. The number of benzene rings is 1. The van der Waals surface area contributed by atoms with E-state index in [2.05, 4.69) is 5.32 Å². The molecule has 1 aromatic rings. The van der Waals surface area contributed by atoms with Gasteiger partial charge in [-0.3, -0.25) is 4.79 Å². The third-order valence-corrected chi connectivity index (χ3v) is 6.34. The van der Waals surface area contributed by atoms with E-state index in [0.717, 1.165) is 5.56 Å². The highest BCUT2D eigenvalue weighted by atomic mass is 35.5. The third-order valence-electron chi connectivity index (χ3n) is 3.85. The van der Waals surface area contributed by atoms with Gasteiger partial charge in [0.15, 0.2) is 0 Å². The molecular weight excluding hydrogens is 324 g/mol. The van der Waals surface area contributed by atoms with Crippen molar-refractivity contribution < 1.29 is 13.2 Å². The van der Waals surface area contributed by atoms with Gasteiger partial charge < -0.3 is 5.32 Å². The van der Waals surface area contributed by atoms with E-state index in [4.69, 9.17) is 11.6 Å². The largest absolute Gasteiger partial charge is 0.324 e. The smallest absolute Gasteiger partial charge is 0.242 e. The molecule has 1 atom stereocenters. The Bertz CT molecular complexity index is 661. The molecule has 0 aliphatic carbocycles. The van der Waals surface area contributed by atoms with Crippen molar-refractivity contribution >= 4 is 33.2 Å². The van der Waals surface area contributed by atoms with Gasteiger partial charge in [-0.2, -0.15) is 4.31 Å². The summed E-state index contributed by atoms with van der Waals surface area (Å²) in [6.45, 7) is 4.05. The van der Waals surface area contributed by atoms with Crippen LogP contribution in [-0.2, 0) is 14.8 Å². The van der Waals surface area contributed by atoms with Crippen molar-refractivity contribution in [1.29, 1.82) is 0 Å². The molecule has 2 rings (SSSR count). The number of rotatable bonds is 5. The van der Waals surface area contributed by atoms with Crippen LogP contribution in [0.1, 0.15) is 31.7 Å². The van der Waals surface area contributed by atoms with Crippen LogP contribution in [0.25, 0.3) is 0 Å². The number of hydrogen-bond donors (Lipinski definition) is 1. The summed E-state index contributed by atoms with van der Waals surface area (Å²) in [5.74, 6) is -0.213. The van der Waals surface area contributed by atoms with Gasteiger partial charge in [0.2, 0.25) is 15.9 Å². The van der Waals surface area contributed by atoms with Gasteiger partial charge in [0, 0.05) is 17.3 Å². The van der Waals surface area contributed by atoms with Crippen molar-refractivity contribution in [3.8, 4) is 0 Å². The molecule has 1 saturated heterocycles. The summed E-state index contributed by atoms with van der Waals surface area (Å²) in [5.41, 5.74) is 1.40. The first kappa shape index (κ1) is 17.2. The maximum absolute atomic E-state index is 12.5. The topological polar surface area (TPSA) is 66.5 Å². The van der Waals surface area contributed by atoms with Gasteiger partial charge >= 0.3 is 0 Å². The standard InChI is InChI=1S/C15H21ClN2O3S/c1-3-10-22(20,21)18-9-5-8-14(18)15(19)17-13-7-4-6-12(16)11(13)2/h4,6-7,14H,3,5,8-10H2,1-2H3,(H,17,19). The van der Waals surface area contributed by atoms with Crippen LogP contribution in [0.5, 0.6) is 0 Å². The minimum absolute atomic E-state index is 0.0764. The van der Waals surface area contributed by atoms with Gasteiger partial charge in [-0.05, 0) is 43.9 Å². The van der Waals surface area contributed by atoms with Crippen molar-refractivity contribution in [2.45, 2.75) is 39.2 Å². The van der Waals surface area contributed by atoms with Crippen LogP contribution >= 0.6 is 11.6 Å². The molecule has 5 nitrogen and oxygen atoms in total. The van der Waals surface area contributed by atoms with Crippen molar-refractivity contribution in [2.75, 3.05) is 17.6 Å². The van der Waals surface area contributed by atoms with Crippen LogP contribution in [0.4, 0.5) is 5.69 Å². The number of halogens is 1. The van der Waals surface area contributed by atoms with Crippen molar-refractivity contribution in [1.82, 2.24) is 4.31 Å². The van der Waals surface area contributed by atoms with Crippen LogP contribution < -0.4 is 5.32 Å². The summed E-state index contributed by atoms with van der Waals surface area (Å²) < 4.78 is 25.8. The van der Waals surface area contributed by atoms with Crippen LogP contribution in [-0.4, -0.2) is 37.0 Å². The molecular formula is C15H21ClN2O3S. The zero-order valence-corrected chi connectivity index (χ0v) is 14.4. The monoisotopic (exact) mass is 344 g/mol. The van der Waals surface area contributed by atoms with E-state index in [1.807, 2.05) is 13.8 Å². The second kappa shape index (κ2) is 6.98. The Morgan fingerprint density at radius 3 is 2.86 bits per heavy atom. The second-order valence-electron chi connectivity index (χ2n) is 5.49. The predicted octanol–water partition coefficient (Wildman–Crippen LogP) is 2.79. The number of sulfonamides is 1. The number of nitrogens with zero attached hydrogens (tertiary/aromatic N) is 1. The van der Waals surface area contributed by atoms with Gasteiger partial charge in [-0.15, -0.1) is 0 Å². The fraction of sp³-hybridized carbons (Fsp3) is 0.533. The first-order chi connectivity index (χ1) is 10.4. The molecule has 1 heterocycles. The maximum Gasteiger partial charge on any atom is 0.242 e. The summed E-state index contributed by atoms with van der Waals surface area (Å²) in [6.07, 6.45) is 1.80. The summed E-state index contributed by atoms with van der Waals surface area (Å²) in [6, 6.07) is 4.64. The Morgan fingerprint density at radius 2 is 2.18 bits per heavy atom. The molecule has 1 amide bonds. The highest BCUT2D eigenvalue weighted by Gasteiger charge is 2.38. The maximum atomic E-state index is 12.5. The summed E-state index contributed by atoms with van der Waals surface area (Å²) in [7, 11) is -3.37. The number of amides is 1. The Kier molecular flexibility index (Phi) is 5.47. The lowest BCUT2D eigenvalue weighted by atomic mass is 10.1. The van der Waals surface area contributed by atoms with E-state index in [0.29, 0.717) is 36.5 Å². The number of carbonyl (C=O) groups excluding carboxylic acids is 1. The summed E-state index contributed by atoms with van der Waals surface area (Å²) >= 11 is 6.04. The van der Waals surface area contributed by atoms with E-state index in [9.17, 15) is 13.2 Å². The van der Waals surface area contributed by atoms with Crippen LogP contribution in [0.2, 0.25) is 5.02 Å². The second-order valence-corrected chi connectivity index (χ2v) is 7.93. The van der Waals surface area contributed by atoms with Gasteiger partial charge in [0.1, 0.15) is 6.04 Å². The van der Waals surface area contributed by atoms with E-state index in [-0.39, 0.29) is 11.7 Å². The average Bonchev–Trinajstić information content (AvgIpc) is 2.94. The van der Waals surface area contributed by atoms with Gasteiger partial charge in [0.25, 0.3) is 0 Å². The van der Waals surface area contributed by atoms with Crippen LogP contribution in [0.3, 0.4) is 0 Å². The lowest BCUT2D eigenvalue weighted by Gasteiger charge is -2.23. The Hall–Kier alpha value is -1.11. The number of carbonyl (C=O) groups is 1. The highest BCUT2D eigenvalue weighted by molar-refractivity contribution is 7.89. The lowest BCUT2D eigenvalue weighted by Crippen LogP contribution is -2.44. The Morgan fingerprint density at radius 1 is 1.45 bits per heavy atom. The lowest BCUT2D eigenvalue weighted by molar-refractivity contribution is -0.119. The number of nitrogens with one attached hydrogen (secondary N) is 1. The number of hydrogen-bond acceptors (Lipinski definition) is 3. The normalized spacial score (nSPS) is 19.3. The molecule has 1 aliphatic heterocycles. The first-order valence-corrected chi connectivity index (χ1v) is 9.41. The molecule has 1 fully saturated rings. The molecule has 122 valence electrons. The van der Waals surface area contributed by atoms with E-state index < -0.39 is 16.1 Å². The molecule has 0 saturated carbocycles. The fourth-order valence-electron chi connectivity index (χ4n) is 2.67. The molecule has 1 aromatic carbocycles. The molecule has 1 unspecified atom stereocenters. The SMILES string of the molecule is CCCS(=O)(=O)N1CCCC1C(=O)Nc1cccc(Cl)c1C. The minimum Gasteiger partial charge on any atom is -0.324 e. The van der Waals surface area contributed by atoms with Gasteiger partial charge in [0.05, 0.1) is 5.75 Å². The highest BCUT2D eigenvalue weighted by Crippen LogP contribution is 2.26. The third kappa shape index (κ3) is 3.62. The molecule has 7 heteroatoms. The van der Waals surface area contributed by atoms with Crippen molar-refractivity contribution in [3.05, 3.63) is 28.8 Å². The first-order valence-electron chi connectivity index (χ1n) is 7.42. The van der Waals surface area contributed by atoms with Crippen LogP contribution in [0, 0.1) is 6.92 Å². The van der Waals surface area contributed by atoms with E-state index >= 15 is 0 Å². The summed E-state index contributed by atoms with van der Waals surface area (Å²) in [5, 5.41) is 3.38. The van der Waals surface area contributed by atoms with Crippen molar-refractivity contribution in [3.63, 3.8) is 0 Å². The zero-order valence-electron chi connectivity index (χ0n) is 12.8. The predicted molar refractivity (Wildman–Crippen MR) is 88.6 cm³/mol. The van der Waals surface area contributed by atoms with E-state index in [1.54, 1.807) is 18.2 Å². The van der Waals surface area contributed by atoms with Crippen molar-refractivity contribution in [2.24, 2.45) is 0 Å². The fourth-order valence-corrected chi connectivity index (χ4v) is 4.59. The molecule has 0 radical (unpaired) electrons. The molecule has 0 bridgehead atoms. The van der Waals surface area contributed by atoms with Gasteiger partial charge in [-0.25, -0.2) is 8.42 Å². The molecule has 22 heavy (non-hydrogen) atoms. The Balaban J connectivity index is 2.16. The molecule has 1 aliphatic rings. The van der Waals surface area contributed by atoms with Gasteiger partial charge in [-0.1, -0.05) is 24.6 Å². The quantitative estimate of drug-likeness (QED) is 0.893. The van der Waals surface area contributed by atoms with E-state index in [1.165, 1.54) is 4.31 Å². The molecule has 0 aromatic heterocycles.